The fourth-order valence-electron chi connectivity index (χ4n) is 0.664. The molecule has 4 heteroatoms. The fraction of sp³-hybridized carbons (Fsp3) is 0.429. The highest BCUT2D eigenvalue weighted by atomic mass is 127. The fourth-order valence-corrected chi connectivity index (χ4v) is 1.06. The normalized spacial score (nSPS) is 11.1. The van der Waals surface area contributed by atoms with E-state index in [1.54, 1.807) is 4.68 Å². The topological polar surface area (TPSA) is 41.6 Å². The molecule has 0 fully saturated rings. The van der Waals surface area contributed by atoms with Gasteiger partial charge in [-0.3, -0.25) is 4.68 Å². The summed E-state index contributed by atoms with van der Waals surface area (Å²) in [5, 5.41) is 12.9. The van der Waals surface area contributed by atoms with Crippen LogP contribution in [0.4, 0.5) is 0 Å². The van der Waals surface area contributed by atoms with Crippen LogP contribution in [0.1, 0.15) is 13.8 Å². The molecule has 0 aliphatic rings. The molecule has 1 heterocycles. The number of rotatable bonds is 1. The lowest BCUT2D eigenvalue weighted by Gasteiger charge is -2.14. The van der Waals surface area contributed by atoms with Gasteiger partial charge in [0.15, 0.2) is 0 Å². The Morgan fingerprint density at radius 1 is 1.73 bits per heavy atom. The number of nitriles is 1. The van der Waals surface area contributed by atoms with Crippen molar-refractivity contribution in [3.63, 3.8) is 0 Å². The molecule has 0 spiro atoms. The van der Waals surface area contributed by atoms with Crippen molar-refractivity contribution in [2.24, 2.45) is 0 Å². The Balaban J connectivity index is 3.04. The number of nitrogens with zero attached hydrogens (tertiary/aromatic N) is 3. The predicted octanol–water partition coefficient (Wildman–Crippen LogP) is 1.75. The van der Waals surface area contributed by atoms with Crippen LogP contribution < -0.4 is 0 Å². The highest BCUT2D eigenvalue weighted by Gasteiger charge is 2.19. The van der Waals surface area contributed by atoms with Crippen molar-refractivity contribution in [2.45, 2.75) is 19.4 Å². The van der Waals surface area contributed by atoms with Crippen molar-refractivity contribution in [3.05, 3.63) is 16.0 Å². The number of hydrogen-bond donors (Lipinski definition) is 0. The first-order valence-electron chi connectivity index (χ1n) is 3.19. The largest absolute Gasteiger partial charge is 0.252 e. The summed E-state index contributed by atoms with van der Waals surface area (Å²) < 4.78 is 2.57. The van der Waals surface area contributed by atoms with E-state index in [0.717, 1.165) is 3.70 Å². The molecule has 58 valence electrons. The first-order valence-corrected chi connectivity index (χ1v) is 4.27. The van der Waals surface area contributed by atoms with Crippen LogP contribution in [-0.4, -0.2) is 9.78 Å². The van der Waals surface area contributed by atoms with Crippen molar-refractivity contribution in [3.8, 4) is 6.07 Å². The van der Waals surface area contributed by atoms with E-state index in [2.05, 4.69) is 33.8 Å². The van der Waals surface area contributed by atoms with Gasteiger partial charge in [0.2, 0.25) is 0 Å². The molecule has 0 aliphatic heterocycles. The first kappa shape index (κ1) is 8.53. The summed E-state index contributed by atoms with van der Waals surface area (Å²) in [6.45, 7) is 3.66. The smallest absolute Gasteiger partial charge is 0.143 e. The molecule has 0 bridgehead atoms. The van der Waals surface area contributed by atoms with Gasteiger partial charge < -0.3 is 0 Å². The summed E-state index contributed by atoms with van der Waals surface area (Å²) in [5.41, 5.74) is -0.538. The maximum atomic E-state index is 8.74. The average molecular weight is 261 g/mol. The van der Waals surface area contributed by atoms with Gasteiger partial charge in [0, 0.05) is 6.20 Å². The lowest BCUT2D eigenvalue weighted by molar-refractivity contribution is 0.416. The minimum absolute atomic E-state index is 0.538. The monoisotopic (exact) mass is 261 g/mol. The summed E-state index contributed by atoms with van der Waals surface area (Å²) in [4.78, 5) is 0. The third-order valence-corrected chi connectivity index (χ3v) is 1.98. The lowest BCUT2D eigenvalue weighted by atomic mass is 10.1. The van der Waals surface area contributed by atoms with Gasteiger partial charge in [-0.1, -0.05) is 0 Å². The van der Waals surface area contributed by atoms with Crippen LogP contribution >= 0.6 is 22.6 Å². The summed E-state index contributed by atoms with van der Waals surface area (Å²) >= 11 is 2.12. The molecular weight excluding hydrogens is 253 g/mol. The maximum absolute atomic E-state index is 8.74. The zero-order chi connectivity index (χ0) is 8.48. The Bertz CT molecular complexity index is 295. The van der Waals surface area contributed by atoms with Gasteiger partial charge in [-0.2, -0.15) is 10.4 Å². The zero-order valence-electron chi connectivity index (χ0n) is 6.37. The Hall–Kier alpha value is -0.570. The summed E-state index contributed by atoms with van der Waals surface area (Å²) in [6.07, 6.45) is 1.81. The van der Waals surface area contributed by atoms with Gasteiger partial charge in [-0.25, -0.2) is 0 Å². The van der Waals surface area contributed by atoms with Gasteiger partial charge in [-0.05, 0) is 42.5 Å². The van der Waals surface area contributed by atoms with Crippen LogP contribution in [0.2, 0.25) is 0 Å². The van der Waals surface area contributed by atoms with Gasteiger partial charge >= 0.3 is 0 Å². The second-order valence-corrected chi connectivity index (χ2v) is 3.86. The Morgan fingerprint density at radius 2 is 2.36 bits per heavy atom. The minimum Gasteiger partial charge on any atom is -0.252 e. The molecule has 0 radical (unpaired) electrons. The second kappa shape index (κ2) is 2.81. The Labute approximate surface area is 79.2 Å². The number of halogens is 1. The highest BCUT2D eigenvalue weighted by Crippen LogP contribution is 2.13. The maximum Gasteiger partial charge on any atom is 0.143 e. The van der Waals surface area contributed by atoms with E-state index in [0.29, 0.717) is 0 Å². The Morgan fingerprint density at radius 3 is 2.73 bits per heavy atom. The lowest BCUT2D eigenvalue weighted by Crippen LogP contribution is -2.24. The molecule has 0 unspecified atom stereocenters. The van der Waals surface area contributed by atoms with Crippen LogP contribution in [0.5, 0.6) is 0 Å². The van der Waals surface area contributed by atoms with Gasteiger partial charge in [0.25, 0.3) is 0 Å². The van der Waals surface area contributed by atoms with E-state index < -0.39 is 5.54 Å². The molecule has 0 saturated heterocycles. The van der Waals surface area contributed by atoms with Gasteiger partial charge in [0.05, 0.1) is 6.07 Å². The standard InChI is InChI=1S/C7H8IN3/c1-7(2,5-9)11-4-3-6(8)10-11/h3-4H,1-2H3. The third-order valence-electron chi connectivity index (χ3n) is 1.40. The third kappa shape index (κ3) is 1.71. The number of hydrogen-bond acceptors (Lipinski definition) is 2. The van der Waals surface area contributed by atoms with Crippen molar-refractivity contribution in [1.29, 1.82) is 5.26 Å². The van der Waals surface area contributed by atoms with Crippen LogP contribution in [0.25, 0.3) is 0 Å². The van der Waals surface area contributed by atoms with Crippen LogP contribution in [0, 0.1) is 15.0 Å². The van der Waals surface area contributed by atoms with Crippen molar-refractivity contribution in [2.75, 3.05) is 0 Å². The first-order chi connectivity index (χ1) is 5.06. The molecule has 0 aromatic carbocycles. The van der Waals surface area contributed by atoms with Crippen LogP contribution in [-0.2, 0) is 5.54 Å². The molecule has 0 aliphatic carbocycles. The summed E-state index contributed by atoms with van der Waals surface area (Å²) in [6, 6.07) is 4.04. The van der Waals surface area contributed by atoms with E-state index >= 15 is 0 Å². The van der Waals surface area contributed by atoms with E-state index in [1.807, 2.05) is 26.1 Å². The van der Waals surface area contributed by atoms with E-state index in [1.165, 1.54) is 0 Å². The van der Waals surface area contributed by atoms with E-state index in [4.69, 9.17) is 5.26 Å². The molecule has 1 rings (SSSR count). The number of aromatic nitrogens is 2. The molecule has 1 aromatic rings. The zero-order valence-corrected chi connectivity index (χ0v) is 8.53. The van der Waals surface area contributed by atoms with Crippen LogP contribution in [0.3, 0.4) is 0 Å². The summed E-state index contributed by atoms with van der Waals surface area (Å²) in [7, 11) is 0. The predicted molar refractivity (Wildman–Crippen MR) is 49.9 cm³/mol. The van der Waals surface area contributed by atoms with Gasteiger partial charge in [0.1, 0.15) is 9.24 Å². The SMILES string of the molecule is CC(C)(C#N)n1ccc(I)n1. The van der Waals surface area contributed by atoms with Crippen molar-refractivity contribution >= 4 is 22.6 Å². The highest BCUT2D eigenvalue weighted by molar-refractivity contribution is 14.1. The van der Waals surface area contributed by atoms with Crippen LogP contribution in [0.15, 0.2) is 12.3 Å². The Kier molecular flexibility index (Phi) is 2.18. The molecule has 3 nitrogen and oxygen atoms in total. The second-order valence-electron chi connectivity index (χ2n) is 2.75. The molecule has 0 saturated carbocycles. The summed E-state index contributed by atoms with van der Waals surface area (Å²) in [5.74, 6) is 0. The molecule has 11 heavy (non-hydrogen) atoms. The van der Waals surface area contributed by atoms with E-state index in [9.17, 15) is 0 Å². The van der Waals surface area contributed by atoms with Crippen molar-refractivity contribution in [1.82, 2.24) is 9.78 Å². The molecule has 1 aromatic heterocycles. The minimum atomic E-state index is -0.538. The molecule has 0 N–H and O–H groups in total. The molecule has 0 atom stereocenters. The quantitative estimate of drug-likeness (QED) is 0.722. The molecular formula is C7H8IN3. The van der Waals surface area contributed by atoms with Crippen molar-refractivity contribution < 1.29 is 0 Å². The van der Waals surface area contributed by atoms with Gasteiger partial charge in [-0.15, -0.1) is 0 Å². The molecule has 0 amide bonds. The average Bonchev–Trinajstić information content (AvgIpc) is 2.36. The van der Waals surface area contributed by atoms with E-state index in [-0.39, 0.29) is 0 Å².